The van der Waals surface area contributed by atoms with Gasteiger partial charge in [0.1, 0.15) is 0 Å². The number of fused-ring (bicyclic) bond motifs is 6. The van der Waals surface area contributed by atoms with E-state index in [0.717, 1.165) is 0 Å². The maximum atomic E-state index is 2.39. The second kappa shape index (κ2) is 18.2. The van der Waals surface area contributed by atoms with E-state index in [9.17, 15) is 0 Å². The van der Waals surface area contributed by atoms with Gasteiger partial charge >= 0.3 is 380 Å². The van der Waals surface area contributed by atoms with Gasteiger partial charge in [-0.25, -0.2) is 0 Å². The molecule has 12 aromatic rings. The van der Waals surface area contributed by atoms with Crippen molar-refractivity contribution in [3.63, 3.8) is 0 Å². The first kappa shape index (κ1) is 40.8. The van der Waals surface area contributed by atoms with E-state index in [-0.39, 0.29) is 5.48 Å². The van der Waals surface area contributed by atoms with Crippen molar-refractivity contribution < 1.29 is 5.48 Å². The molecule has 296 valence electrons. The van der Waals surface area contributed by atoms with Gasteiger partial charge in [0.2, 0.25) is 0 Å². The fraction of sp³-hybridized carbons (Fsp3) is 0. The predicted octanol–water partition coefficient (Wildman–Crippen LogP) is 11.2. The Hall–Kier alpha value is -6.24. The Morgan fingerprint density at radius 3 is 0.476 bits per heavy atom. The SMILES string of the molecule is [O-2].c1ccc2[c]([Sn+]([c]3cccc4ccccc34)[c]3cccc4ccccc34)cccc2c1.c1ccc2[c]([Sn+]([c]3cccc4ccccc34)[c]3cccc4ccccc34)cccc2c1. The van der Waals surface area contributed by atoms with Crippen LogP contribution in [-0.4, -0.2) is 39.5 Å². The van der Waals surface area contributed by atoms with Gasteiger partial charge in [0.15, 0.2) is 0 Å². The minimum atomic E-state index is -2.55. The summed E-state index contributed by atoms with van der Waals surface area (Å²) in [5, 5.41) is 16.4. The van der Waals surface area contributed by atoms with E-state index < -0.39 is 39.5 Å². The Balaban J connectivity index is 0.000000147. The molecule has 0 saturated heterocycles. The molecule has 1 nitrogen and oxygen atoms in total. The normalized spacial score (nSPS) is 11.0. The third-order valence-corrected chi connectivity index (χ3v) is 29.0. The number of rotatable bonds is 6. The third-order valence-electron chi connectivity index (χ3n) is 12.4. The van der Waals surface area contributed by atoms with Crippen LogP contribution in [0.4, 0.5) is 0 Å². The van der Waals surface area contributed by atoms with Gasteiger partial charge in [-0.1, -0.05) is 0 Å². The first-order valence-corrected chi connectivity index (χ1v) is 30.0. The molecule has 0 saturated carbocycles. The Morgan fingerprint density at radius 2 is 0.302 bits per heavy atom. The van der Waals surface area contributed by atoms with Crippen LogP contribution in [0.15, 0.2) is 255 Å². The molecule has 0 atom stereocenters. The predicted molar refractivity (Wildman–Crippen MR) is 274 cm³/mol. The van der Waals surface area contributed by atoms with E-state index in [1.807, 2.05) is 0 Å². The Morgan fingerprint density at radius 1 is 0.159 bits per heavy atom. The molecule has 0 bridgehead atoms. The molecule has 0 fully saturated rings. The summed E-state index contributed by atoms with van der Waals surface area (Å²) in [6.07, 6.45) is 0. The van der Waals surface area contributed by atoms with Crippen molar-refractivity contribution in [2.24, 2.45) is 0 Å². The van der Waals surface area contributed by atoms with E-state index in [1.54, 1.807) is 21.5 Å². The zero-order chi connectivity index (χ0) is 41.2. The maximum absolute atomic E-state index is 2.55. The van der Waals surface area contributed by atoms with Crippen LogP contribution in [-0.2, 0) is 5.48 Å². The first-order chi connectivity index (χ1) is 30.8. The molecule has 0 aromatic heterocycles. The molecule has 0 amide bonds. The molecule has 0 aliphatic rings. The van der Waals surface area contributed by atoms with Gasteiger partial charge in [0, 0.05) is 0 Å². The van der Waals surface area contributed by atoms with Gasteiger partial charge in [-0.15, -0.1) is 0 Å². The second-order valence-corrected chi connectivity index (χ2v) is 29.4. The van der Waals surface area contributed by atoms with Crippen LogP contribution in [0.2, 0.25) is 0 Å². The first-order valence-electron chi connectivity index (χ1n) is 21.4. The van der Waals surface area contributed by atoms with E-state index in [2.05, 4.69) is 255 Å². The van der Waals surface area contributed by atoms with Crippen molar-refractivity contribution in [1.29, 1.82) is 0 Å². The van der Waals surface area contributed by atoms with Crippen LogP contribution in [0, 0.1) is 0 Å². The molecule has 12 rings (SSSR count). The fourth-order valence-corrected chi connectivity index (χ4v) is 27.5. The molecule has 0 N–H and O–H groups in total. The summed E-state index contributed by atoms with van der Waals surface area (Å²) in [5.74, 6) is 0. The van der Waals surface area contributed by atoms with Crippen molar-refractivity contribution in [2.45, 2.75) is 0 Å². The fourth-order valence-electron chi connectivity index (χ4n) is 9.53. The summed E-state index contributed by atoms with van der Waals surface area (Å²) in [6.45, 7) is 0. The molecule has 0 aliphatic heterocycles. The minimum absolute atomic E-state index is 0. The van der Waals surface area contributed by atoms with Crippen molar-refractivity contribution in [2.75, 3.05) is 0 Å². The summed E-state index contributed by atoms with van der Waals surface area (Å²) < 4.78 is 9.30. The summed E-state index contributed by atoms with van der Waals surface area (Å²) in [6, 6.07) is 94.5. The molecular weight excluding hydrogens is 974 g/mol. The average Bonchev–Trinajstić information content (AvgIpc) is 3.35. The average molecular weight is 1020 g/mol. The monoisotopic (exact) mass is 1020 g/mol. The number of hydrogen-bond donors (Lipinski definition) is 0. The van der Waals surface area contributed by atoms with Crippen molar-refractivity contribution in [1.82, 2.24) is 0 Å². The van der Waals surface area contributed by atoms with E-state index in [1.165, 1.54) is 64.6 Å². The summed E-state index contributed by atoms with van der Waals surface area (Å²) in [4.78, 5) is 0. The van der Waals surface area contributed by atoms with Crippen LogP contribution < -0.4 is 21.5 Å². The molecule has 12 aromatic carbocycles. The molecule has 0 unspecified atom stereocenters. The van der Waals surface area contributed by atoms with Gasteiger partial charge in [-0.3, -0.25) is 0 Å². The third kappa shape index (κ3) is 7.80. The molecule has 0 heterocycles. The Bertz CT molecular complexity index is 2930. The van der Waals surface area contributed by atoms with Gasteiger partial charge in [-0.05, 0) is 0 Å². The van der Waals surface area contributed by atoms with Gasteiger partial charge in [-0.2, -0.15) is 0 Å². The van der Waals surface area contributed by atoms with Gasteiger partial charge in [0.25, 0.3) is 0 Å². The Kier molecular flexibility index (Phi) is 11.8. The molecule has 0 spiro atoms. The zero-order valence-electron chi connectivity index (χ0n) is 34.7. The van der Waals surface area contributed by atoms with Crippen molar-refractivity contribution in [3.05, 3.63) is 255 Å². The molecular formula is C60H42OSn2. The van der Waals surface area contributed by atoms with E-state index in [4.69, 9.17) is 0 Å². The summed E-state index contributed by atoms with van der Waals surface area (Å²) >= 11 is -5.10. The van der Waals surface area contributed by atoms with Gasteiger partial charge in [0.05, 0.1) is 0 Å². The quantitative estimate of drug-likeness (QED) is 0.149. The molecule has 0 radical (unpaired) electrons. The topological polar surface area (TPSA) is 28.5 Å². The Labute approximate surface area is 382 Å². The van der Waals surface area contributed by atoms with E-state index in [0.29, 0.717) is 0 Å². The standard InChI is InChI=1S/6C10H7.O.2Sn/c6*1-2-6-10-8-4-3-7-9(10)5-1;;;/h6*1-7H;;;/q;;;;;;-2;2*+1. The van der Waals surface area contributed by atoms with E-state index >= 15 is 0 Å². The molecule has 0 aliphatic carbocycles. The van der Waals surface area contributed by atoms with Crippen LogP contribution in [0.3, 0.4) is 0 Å². The second-order valence-electron chi connectivity index (χ2n) is 15.9. The number of hydrogen-bond acceptors (Lipinski definition) is 0. The van der Waals surface area contributed by atoms with Crippen molar-refractivity contribution >= 4 is 126 Å². The number of benzene rings is 12. The molecule has 63 heavy (non-hydrogen) atoms. The van der Waals surface area contributed by atoms with Crippen molar-refractivity contribution in [3.8, 4) is 0 Å². The summed E-state index contributed by atoms with van der Waals surface area (Å²) in [7, 11) is 0. The molecule has 3 heteroatoms. The van der Waals surface area contributed by atoms with Crippen LogP contribution in [0.25, 0.3) is 64.6 Å². The zero-order valence-corrected chi connectivity index (χ0v) is 40.4. The van der Waals surface area contributed by atoms with Gasteiger partial charge < -0.3 is 5.48 Å². The van der Waals surface area contributed by atoms with Crippen LogP contribution in [0.1, 0.15) is 0 Å². The van der Waals surface area contributed by atoms with Crippen LogP contribution >= 0.6 is 0 Å². The van der Waals surface area contributed by atoms with Crippen LogP contribution in [0.5, 0.6) is 0 Å². The summed E-state index contributed by atoms with van der Waals surface area (Å²) in [5.41, 5.74) is 0.